The first-order valence-electron chi connectivity index (χ1n) is 11.0. The molecule has 2 N–H and O–H groups in total. The monoisotopic (exact) mass is 481 g/mol. The van der Waals surface area contributed by atoms with E-state index < -0.39 is 11.9 Å². The van der Waals surface area contributed by atoms with Gasteiger partial charge in [0.1, 0.15) is 11.7 Å². The van der Waals surface area contributed by atoms with Crippen LogP contribution in [0.5, 0.6) is 0 Å². The number of aromatic nitrogens is 2. The zero-order chi connectivity index (χ0) is 25.2. The number of aliphatic imine (C=N–C) groups is 2. The van der Waals surface area contributed by atoms with Crippen LogP contribution in [0.3, 0.4) is 0 Å². The number of rotatable bonds is 7. The molecule has 0 radical (unpaired) electrons. The molecule has 1 aromatic rings. The van der Waals surface area contributed by atoms with Crippen molar-refractivity contribution >= 4 is 36.0 Å². The van der Waals surface area contributed by atoms with Crippen LogP contribution in [-0.4, -0.2) is 60.4 Å². The Labute approximate surface area is 196 Å². The molecule has 0 aromatic carbocycles. The van der Waals surface area contributed by atoms with E-state index in [1.165, 1.54) is 6.92 Å². The number of hydrogen-bond donors (Lipinski definition) is 2. The Bertz CT molecular complexity index is 1000. The molecule has 1 saturated carbocycles. The molecule has 3 rings (SSSR count). The predicted octanol–water partition coefficient (Wildman–Crippen LogP) is 3.93. The summed E-state index contributed by atoms with van der Waals surface area (Å²) in [5.74, 6) is 1.58. The third-order valence-electron chi connectivity index (χ3n) is 5.90. The Hall–Kier alpha value is -3.18. The number of halogens is 3. The maximum absolute atomic E-state index is 12.6. The molecule has 2 aliphatic rings. The van der Waals surface area contributed by atoms with E-state index in [1.807, 2.05) is 32.7 Å². The number of anilines is 3. The topological polar surface area (TPSA) is 104 Å². The number of likely N-dealkylation sites (N-methyl/N-ethyl adjacent to an activating group) is 1. The molecule has 1 unspecified atom stereocenters. The van der Waals surface area contributed by atoms with Gasteiger partial charge in [-0.25, -0.2) is 9.98 Å². The zero-order valence-electron chi connectivity index (χ0n) is 19.9. The number of amides is 1. The molecule has 0 spiro atoms. The van der Waals surface area contributed by atoms with Gasteiger partial charge in [0.15, 0.2) is 17.4 Å². The van der Waals surface area contributed by atoms with Gasteiger partial charge in [0.25, 0.3) is 0 Å². The minimum atomic E-state index is -4.61. The molecule has 0 saturated heterocycles. The third kappa shape index (κ3) is 5.65. The molecule has 9 nitrogen and oxygen atoms in total. The standard InChI is InChI=1S/C22H30F3N7O2/c1-11(2)18-20(33)30-17-12(3)28-21(31-19(17)32(18)6)29-15-7-14(8-15)10-34-13(4)27-9-16(26-5)22(23,24)25/h9,11,14-15,18H,5,7-8,10H2,1-4,6H3,(H,30,33)(H,28,29,31)/b16-9-,27-13?. The van der Waals surface area contributed by atoms with Crippen molar-refractivity contribution in [3.63, 3.8) is 0 Å². The highest BCUT2D eigenvalue weighted by molar-refractivity contribution is 6.03. The Morgan fingerprint density at radius 1 is 1.38 bits per heavy atom. The summed E-state index contributed by atoms with van der Waals surface area (Å²) in [6, 6.07) is -0.163. The fraction of sp³-hybridized carbons (Fsp3) is 0.591. The number of hydrogen-bond acceptors (Lipinski definition) is 8. The van der Waals surface area contributed by atoms with Crippen molar-refractivity contribution in [2.45, 2.75) is 58.8 Å². The average molecular weight is 482 g/mol. The molecule has 1 atom stereocenters. The molecule has 186 valence electrons. The largest absolute Gasteiger partial charge is 0.481 e. The Morgan fingerprint density at radius 3 is 2.65 bits per heavy atom. The zero-order valence-corrected chi connectivity index (χ0v) is 19.9. The highest BCUT2D eigenvalue weighted by Gasteiger charge is 2.36. The number of nitrogens with zero attached hydrogens (tertiary/aromatic N) is 5. The van der Waals surface area contributed by atoms with E-state index in [1.54, 1.807) is 0 Å². The normalized spacial score (nSPS) is 23.3. The first-order chi connectivity index (χ1) is 15.9. The van der Waals surface area contributed by atoms with Crippen molar-refractivity contribution in [1.82, 2.24) is 9.97 Å². The van der Waals surface area contributed by atoms with Crippen LogP contribution in [0.2, 0.25) is 0 Å². The number of carbonyl (C=O) groups is 1. The number of carbonyl (C=O) groups excluding carboxylic acids is 1. The average Bonchev–Trinajstić information content (AvgIpc) is 2.69. The Balaban J connectivity index is 1.55. The summed E-state index contributed by atoms with van der Waals surface area (Å²) in [4.78, 5) is 30.1. The van der Waals surface area contributed by atoms with Gasteiger partial charge in [-0.3, -0.25) is 9.79 Å². The van der Waals surface area contributed by atoms with Crippen molar-refractivity contribution in [3.8, 4) is 0 Å². The van der Waals surface area contributed by atoms with Crippen molar-refractivity contribution in [1.29, 1.82) is 0 Å². The Kier molecular flexibility index (Phi) is 7.47. The number of nitrogens with one attached hydrogen (secondary N) is 2. The minimum Gasteiger partial charge on any atom is -0.481 e. The summed E-state index contributed by atoms with van der Waals surface area (Å²) < 4.78 is 43.4. The summed E-state index contributed by atoms with van der Waals surface area (Å²) >= 11 is 0. The predicted molar refractivity (Wildman–Crippen MR) is 125 cm³/mol. The number of aryl methyl sites for hydroxylation is 1. The van der Waals surface area contributed by atoms with Crippen LogP contribution in [0, 0.1) is 18.8 Å². The fourth-order valence-corrected chi connectivity index (χ4v) is 4.08. The number of alkyl halides is 3. The molecule has 1 aromatic heterocycles. The maximum Gasteiger partial charge on any atom is 0.434 e. The Morgan fingerprint density at radius 2 is 2.06 bits per heavy atom. The van der Waals surface area contributed by atoms with E-state index in [-0.39, 0.29) is 35.7 Å². The highest BCUT2D eigenvalue weighted by Crippen LogP contribution is 2.35. The lowest BCUT2D eigenvalue weighted by atomic mass is 9.81. The summed E-state index contributed by atoms with van der Waals surface area (Å²) in [6.45, 7) is 10.6. The SMILES string of the molecule is C=N/C(=C\N=C(C)OCC1CC(Nc2nc(C)c3c(n2)N(C)C(C(C)C)C(=O)N3)C1)C(F)(F)F. The van der Waals surface area contributed by atoms with Gasteiger partial charge >= 0.3 is 6.18 Å². The van der Waals surface area contributed by atoms with Crippen molar-refractivity contribution in [2.75, 3.05) is 29.2 Å². The first-order valence-corrected chi connectivity index (χ1v) is 11.0. The van der Waals surface area contributed by atoms with E-state index >= 15 is 0 Å². The maximum atomic E-state index is 12.6. The molecule has 1 aliphatic heterocycles. The van der Waals surface area contributed by atoms with Crippen LogP contribution in [0.4, 0.5) is 30.6 Å². The highest BCUT2D eigenvalue weighted by atomic mass is 19.4. The smallest absolute Gasteiger partial charge is 0.434 e. The van der Waals surface area contributed by atoms with E-state index in [4.69, 9.17) is 4.74 Å². The van der Waals surface area contributed by atoms with Crippen molar-refractivity contribution in [3.05, 3.63) is 17.6 Å². The summed E-state index contributed by atoms with van der Waals surface area (Å²) in [7, 11) is 1.86. The van der Waals surface area contributed by atoms with E-state index in [0.29, 0.717) is 36.0 Å². The van der Waals surface area contributed by atoms with E-state index in [2.05, 4.69) is 37.3 Å². The lowest BCUT2D eigenvalue weighted by molar-refractivity contribution is -0.118. The van der Waals surface area contributed by atoms with Gasteiger partial charge in [0.05, 0.1) is 18.5 Å². The number of allylic oxidation sites excluding steroid dienone is 1. The summed E-state index contributed by atoms with van der Waals surface area (Å²) in [5.41, 5.74) is 0.133. The lowest BCUT2D eigenvalue weighted by Gasteiger charge is -2.38. The van der Waals surface area contributed by atoms with Crippen LogP contribution in [0.1, 0.15) is 39.3 Å². The summed E-state index contributed by atoms with van der Waals surface area (Å²) in [5, 5.41) is 6.25. The molecule has 1 amide bonds. The van der Waals surface area contributed by atoms with Crippen LogP contribution in [-0.2, 0) is 9.53 Å². The quantitative estimate of drug-likeness (QED) is 0.452. The minimum absolute atomic E-state index is 0.0658. The van der Waals surface area contributed by atoms with Gasteiger partial charge in [0.2, 0.25) is 11.9 Å². The second-order valence-corrected chi connectivity index (χ2v) is 8.93. The van der Waals surface area contributed by atoms with Crippen molar-refractivity contribution < 1.29 is 22.7 Å². The van der Waals surface area contributed by atoms with E-state index in [0.717, 1.165) is 12.8 Å². The van der Waals surface area contributed by atoms with Gasteiger partial charge in [0, 0.05) is 20.0 Å². The van der Waals surface area contributed by atoms with E-state index in [9.17, 15) is 18.0 Å². The molecule has 1 fully saturated rings. The first kappa shape index (κ1) is 25.4. The third-order valence-corrected chi connectivity index (χ3v) is 5.90. The van der Waals surface area contributed by atoms with Gasteiger partial charge in [-0.05, 0) is 38.3 Å². The number of ether oxygens (including phenoxy) is 1. The van der Waals surface area contributed by atoms with Crippen LogP contribution < -0.4 is 15.5 Å². The van der Waals surface area contributed by atoms with Crippen LogP contribution in [0.15, 0.2) is 21.9 Å². The molecule has 0 bridgehead atoms. The molecule has 1 aliphatic carbocycles. The van der Waals surface area contributed by atoms with Gasteiger partial charge in [-0.2, -0.15) is 18.2 Å². The summed E-state index contributed by atoms with van der Waals surface area (Å²) in [6.07, 6.45) is -2.41. The molecule has 12 heteroatoms. The molecule has 2 heterocycles. The molecule has 34 heavy (non-hydrogen) atoms. The number of fused-ring (bicyclic) bond motifs is 1. The van der Waals surface area contributed by atoms with Crippen molar-refractivity contribution in [2.24, 2.45) is 21.8 Å². The lowest BCUT2D eigenvalue weighted by Crippen LogP contribution is -2.50. The van der Waals surface area contributed by atoms with Crippen LogP contribution >= 0.6 is 0 Å². The van der Waals surface area contributed by atoms with Gasteiger partial charge in [-0.1, -0.05) is 13.8 Å². The fourth-order valence-electron chi connectivity index (χ4n) is 4.08. The molecular formula is C22H30F3N7O2. The molecular weight excluding hydrogens is 451 g/mol. The van der Waals surface area contributed by atoms with Crippen LogP contribution in [0.25, 0.3) is 0 Å². The van der Waals surface area contributed by atoms with Gasteiger partial charge < -0.3 is 20.3 Å². The van der Waals surface area contributed by atoms with Gasteiger partial charge in [-0.15, -0.1) is 0 Å². The second kappa shape index (κ2) is 9.98. The second-order valence-electron chi connectivity index (χ2n) is 8.93.